The Bertz CT molecular complexity index is 1270. The summed E-state index contributed by atoms with van der Waals surface area (Å²) in [5.74, 6) is 2.15. The average Bonchev–Trinajstić information content (AvgIpc) is 2.80. The first kappa shape index (κ1) is 20.9. The van der Waals surface area contributed by atoms with Crippen LogP contribution in [0.25, 0.3) is 22.3 Å². The second-order valence-corrected chi connectivity index (χ2v) is 7.66. The van der Waals surface area contributed by atoms with E-state index in [9.17, 15) is 4.79 Å². The van der Waals surface area contributed by atoms with Gasteiger partial charge in [0.15, 0.2) is 0 Å². The smallest absolute Gasteiger partial charge is 0.261 e. The average molecular weight is 435 g/mol. The van der Waals surface area contributed by atoms with E-state index in [0.29, 0.717) is 41.3 Å². The van der Waals surface area contributed by atoms with Gasteiger partial charge in [-0.1, -0.05) is 23.7 Å². The van der Waals surface area contributed by atoms with Crippen LogP contribution in [0, 0.1) is 6.92 Å². The maximum absolute atomic E-state index is 13.2. The van der Waals surface area contributed by atoms with Crippen molar-refractivity contribution in [2.45, 2.75) is 19.9 Å². The van der Waals surface area contributed by atoms with E-state index < -0.39 is 0 Å². The molecule has 0 aliphatic heterocycles. The zero-order chi connectivity index (χ0) is 21.8. The third-order valence-electron chi connectivity index (χ3n) is 5.13. The molecule has 0 atom stereocenters. The molecule has 0 spiro atoms. The Labute approximate surface area is 185 Å². The molecule has 0 amide bonds. The summed E-state index contributed by atoms with van der Waals surface area (Å²) in [6, 6.07) is 20.6. The Morgan fingerprint density at radius 2 is 1.74 bits per heavy atom. The van der Waals surface area contributed by atoms with Crippen molar-refractivity contribution in [3.05, 3.63) is 87.7 Å². The van der Waals surface area contributed by atoms with Gasteiger partial charge in [-0.25, -0.2) is 4.98 Å². The summed E-state index contributed by atoms with van der Waals surface area (Å²) in [6.07, 6.45) is 0.657. The summed E-state index contributed by atoms with van der Waals surface area (Å²) < 4.78 is 12.8. The third kappa shape index (κ3) is 4.57. The summed E-state index contributed by atoms with van der Waals surface area (Å²) >= 11 is 6.07. The van der Waals surface area contributed by atoms with E-state index in [-0.39, 0.29) is 5.56 Å². The highest BCUT2D eigenvalue weighted by molar-refractivity contribution is 6.31. The van der Waals surface area contributed by atoms with Crippen LogP contribution in [0.3, 0.4) is 0 Å². The maximum Gasteiger partial charge on any atom is 0.261 e. The summed E-state index contributed by atoms with van der Waals surface area (Å²) in [5, 5.41) is 1.32. The first-order valence-corrected chi connectivity index (χ1v) is 10.5. The molecule has 6 heteroatoms. The van der Waals surface area contributed by atoms with Crippen molar-refractivity contribution in [1.82, 2.24) is 9.55 Å². The van der Waals surface area contributed by atoms with Crippen LogP contribution in [-0.2, 0) is 6.54 Å². The lowest BCUT2D eigenvalue weighted by Gasteiger charge is -2.14. The lowest BCUT2D eigenvalue weighted by atomic mass is 10.1. The SMILES string of the molecule is COc1ccc(-c2nc3ccccc3c(=O)n2CCCOc2ccc(Cl)c(C)c2)cc1. The van der Waals surface area contributed by atoms with Gasteiger partial charge in [0.25, 0.3) is 5.56 Å². The number of hydrogen-bond acceptors (Lipinski definition) is 4. The molecule has 4 rings (SSSR count). The molecule has 0 saturated carbocycles. The number of nitrogens with zero attached hydrogens (tertiary/aromatic N) is 2. The van der Waals surface area contributed by atoms with Gasteiger partial charge in [0.2, 0.25) is 0 Å². The van der Waals surface area contributed by atoms with Crippen molar-refractivity contribution in [2.24, 2.45) is 0 Å². The third-order valence-corrected chi connectivity index (χ3v) is 5.56. The van der Waals surface area contributed by atoms with Crippen LogP contribution in [0.1, 0.15) is 12.0 Å². The molecule has 3 aromatic carbocycles. The molecule has 1 heterocycles. The molecule has 1 aromatic heterocycles. The molecule has 0 aliphatic carbocycles. The van der Waals surface area contributed by atoms with Gasteiger partial charge >= 0.3 is 0 Å². The molecule has 5 nitrogen and oxygen atoms in total. The molecular weight excluding hydrogens is 412 g/mol. The number of fused-ring (bicyclic) bond motifs is 1. The number of halogens is 1. The minimum absolute atomic E-state index is 0.0567. The number of para-hydroxylation sites is 1. The van der Waals surface area contributed by atoms with Gasteiger partial charge in [-0.2, -0.15) is 0 Å². The monoisotopic (exact) mass is 434 g/mol. The summed E-state index contributed by atoms with van der Waals surface area (Å²) in [6.45, 7) is 2.91. The molecule has 0 unspecified atom stereocenters. The number of ether oxygens (including phenoxy) is 2. The molecule has 0 fully saturated rings. The number of methoxy groups -OCH3 is 1. The van der Waals surface area contributed by atoms with Crippen LogP contribution in [0.15, 0.2) is 71.5 Å². The van der Waals surface area contributed by atoms with E-state index in [0.717, 1.165) is 22.6 Å². The predicted molar refractivity (Wildman–Crippen MR) is 124 cm³/mol. The number of aryl methyl sites for hydroxylation is 1. The van der Waals surface area contributed by atoms with Crippen LogP contribution < -0.4 is 15.0 Å². The molecule has 0 N–H and O–H groups in total. The second-order valence-electron chi connectivity index (χ2n) is 7.25. The quantitative estimate of drug-likeness (QED) is 0.360. The summed E-state index contributed by atoms with van der Waals surface area (Å²) in [4.78, 5) is 18.0. The van der Waals surface area contributed by atoms with E-state index in [2.05, 4.69) is 0 Å². The molecule has 0 radical (unpaired) electrons. The first-order valence-electron chi connectivity index (χ1n) is 10.1. The highest BCUT2D eigenvalue weighted by Crippen LogP contribution is 2.23. The summed E-state index contributed by atoms with van der Waals surface area (Å²) in [7, 11) is 1.63. The Morgan fingerprint density at radius 3 is 2.48 bits per heavy atom. The summed E-state index contributed by atoms with van der Waals surface area (Å²) in [5.41, 5.74) is 2.45. The van der Waals surface area contributed by atoms with Gasteiger partial charge in [-0.15, -0.1) is 0 Å². The lowest BCUT2D eigenvalue weighted by molar-refractivity contribution is 0.301. The Morgan fingerprint density at radius 1 is 1.00 bits per heavy atom. The Balaban J connectivity index is 1.60. The molecular formula is C25H23ClN2O3. The van der Waals surface area contributed by atoms with E-state index in [1.807, 2.05) is 73.7 Å². The topological polar surface area (TPSA) is 53.3 Å². The molecule has 0 aliphatic rings. The van der Waals surface area contributed by atoms with Gasteiger partial charge in [0.05, 0.1) is 24.6 Å². The molecule has 0 saturated heterocycles. The second kappa shape index (κ2) is 9.23. The van der Waals surface area contributed by atoms with E-state index >= 15 is 0 Å². The van der Waals surface area contributed by atoms with Crippen molar-refractivity contribution in [1.29, 1.82) is 0 Å². The maximum atomic E-state index is 13.2. The number of rotatable bonds is 7. The van der Waals surface area contributed by atoms with Crippen LogP contribution >= 0.6 is 11.6 Å². The van der Waals surface area contributed by atoms with Gasteiger partial charge in [0, 0.05) is 17.1 Å². The first-order chi connectivity index (χ1) is 15.1. The van der Waals surface area contributed by atoms with Crippen LogP contribution in [0.2, 0.25) is 5.02 Å². The molecule has 31 heavy (non-hydrogen) atoms. The van der Waals surface area contributed by atoms with Crippen molar-refractivity contribution in [3.8, 4) is 22.9 Å². The lowest BCUT2D eigenvalue weighted by Crippen LogP contribution is -2.24. The highest BCUT2D eigenvalue weighted by Gasteiger charge is 2.13. The van der Waals surface area contributed by atoms with E-state index in [1.54, 1.807) is 11.7 Å². The number of aromatic nitrogens is 2. The zero-order valence-electron chi connectivity index (χ0n) is 17.5. The largest absolute Gasteiger partial charge is 0.497 e. The van der Waals surface area contributed by atoms with Crippen molar-refractivity contribution < 1.29 is 9.47 Å². The van der Waals surface area contributed by atoms with Crippen molar-refractivity contribution in [2.75, 3.05) is 13.7 Å². The van der Waals surface area contributed by atoms with E-state index in [4.69, 9.17) is 26.1 Å². The van der Waals surface area contributed by atoms with Crippen LogP contribution in [-0.4, -0.2) is 23.3 Å². The van der Waals surface area contributed by atoms with Crippen molar-refractivity contribution in [3.63, 3.8) is 0 Å². The zero-order valence-corrected chi connectivity index (χ0v) is 18.2. The highest BCUT2D eigenvalue weighted by atomic mass is 35.5. The fourth-order valence-electron chi connectivity index (χ4n) is 3.46. The fraction of sp³-hybridized carbons (Fsp3) is 0.200. The normalized spacial score (nSPS) is 10.9. The Hall–Kier alpha value is -3.31. The number of hydrogen-bond donors (Lipinski definition) is 0. The minimum atomic E-state index is -0.0567. The molecule has 4 aromatic rings. The molecule has 158 valence electrons. The Kier molecular flexibility index (Phi) is 6.23. The van der Waals surface area contributed by atoms with Crippen LogP contribution in [0.4, 0.5) is 0 Å². The fourth-order valence-corrected chi connectivity index (χ4v) is 3.57. The van der Waals surface area contributed by atoms with Gasteiger partial charge in [0.1, 0.15) is 17.3 Å². The van der Waals surface area contributed by atoms with Gasteiger partial charge in [-0.3, -0.25) is 9.36 Å². The van der Waals surface area contributed by atoms with Crippen molar-refractivity contribution >= 4 is 22.5 Å². The number of benzene rings is 3. The minimum Gasteiger partial charge on any atom is -0.497 e. The standard InChI is InChI=1S/C25H23ClN2O3/c1-17-16-20(12-13-22(17)26)31-15-5-14-28-24(18-8-10-19(30-2)11-9-18)27-23-7-4-3-6-21(23)25(28)29/h3-4,6-13,16H,5,14-15H2,1-2H3. The predicted octanol–water partition coefficient (Wildman–Crippen LogP) is 5.50. The van der Waals surface area contributed by atoms with Gasteiger partial charge in [-0.05, 0) is 73.5 Å². The van der Waals surface area contributed by atoms with Crippen LogP contribution in [0.5, 0.6) is 11.5 Å². The van der Waals surface area contributed by atoms with Gasteiger partial charge < -0.3 is 9.47 Å². The molecule has 0 bridgehead atoms. The van der Waals surface area contributed by atoms with E-state index in [1.165, 1.54) is 0 Å².